The molecule has 2 aromatic rings. The van der Waals surface area contributed by atoms with Crippen LogP contribution in [0.15, 0.2) is 42.6 Å². The minimum absolute atomic E-state index is 0.0155. The summed E-state index contributed by atoms with van der Waals surface area (Å²) in [6.45, 7) is 2.38. The second kappa shape index (κ2) is 9.43. The van der Waals surface area contributed by atoms with Gasteiger partial charge in [0.1, 0.15) is 5.69 Å². The molecule has 1 aromatic carbocycles. The number of amides is 1. The highest BCUT2D eigenvalue weighted by Crippen LogP contribution is 2.20. The molecule has 1 amide bonds. The fraction of sp³-hybridized carbons (Fsp3) is 0.381. The van der Waals surface area contributed by atoms with Gasteiger partial charge in [-0.05, 0) is 54.8 Å². The van der Waals surface area contributed by atoms with Crippen LogP contribution in [-0.2, 0) is 0 Å². The zero-order valence-corrected chi connectivity index (χ0v) is 15.7. The fourth-order valence-electron chi connectivity index (χ4n) is 3.52. The van der Waals surface area contributed by atoms with Crippen molar-refractivity contribution >= 4 is 11.9 Å². The van der Waals surface area contributed by atoms with Gasteiger partial charge in [0.15, 0.2) is 0 Å². The minimum Gasteiger partial charge on any atom is -0.477 e. The normalized spacial score (nSPS) is 17.2. The second-order valence-corrected chi connectivity index (χ2v) is 6.94. The Morgan fingerprint density at radius 3 is 2.64 bits per heavy atom. The number of benzene rings is 1. The summed E-state index contributed by atoms with van der Waals surface area (Å²) in [5, 5.41) is 21.4. The maximum Gasteiger partial charge on any atom is 0.354 e. The third-order valence-electron chi connectivity index (χ3n) is 5.10. The Hall–Kier alpha value is -2.77. The highest BCUT2D eigenvalue weighted by Gasteiger charge is 2.21. The van der Waals surface area contributed by atoms with Crippen molar-refractivity contribution in [3.8, 4) is 11.1 Å². The maximum absolute atomic E-state index is 12.4. The van der Waals surface area contributed by atoms with E-state index >= 15 is 0 Å². The summed E-state index contributed by atoms with van der Waals surface area (Å²) in [6.07, 6.45) is 4.74. The molecule has 3 N–H and O–H groups in total. The zero-order valence-electron chi connectivity index (χ0n) is 15.7. The van der Waals surface area contributed by atoms with E-state index in [1.54, 1.807) is 30.3 Å². The third-order valence-corrected chi connectivity index (χ3v) is 5.10. The van der Waals surface area contributed by atoms with Gasteiger partial charge in [-0.2, -0.15) is 0 Å². The number of pyridine rings is 1. The van der Waals surface area contributed by atoms with E-state index in [-0.39, 0.29) is 24.2 Å². The van der Waals surface area contributed by atoms with Crippen LogP contribution in [0.25, 0.3) is 11.1 Å². The number of carbonyl (C=O) groups excluding carboxylic acids is 1. The molecule has 7 heteroatoms. The van der Waals surface area contributed by atoms with Crippen LogP contribution < -0.4 is 5.32 Å². The Morgan fingerprint density at radius 1 is 1.14 bits per heavy atom. The lowest BCUT2D eigenvalue weighted by molar-refractivity contribution is 0.0690. The summed E-state index contributed by atoms with van der Waals surface area (Å²) >= 11 is 0. The molecule has 3 rings (SSSR count). The molecule has 0 radical (unpaired) electrons. The van der Waals surface area contributed by atoms with Crippen LogP contribution in [0, 0.1) is 0 Å². The lowest BCUT2D eigenvalue weighted by atomic mass is 10.0. The summed E-state index contributed by atoms with van der Waals surface area (Å²) in [6, 6.07) is 10.5. The molecule has 2 heterocycles. The summed E-state index contributed by atoms with van der Waals surface area (Å²) in [5.41, 5.74) is 2.09. The quantitative estimate of drug-likeness (QED) is 0.676. The van der Waals surface area contributed by atoms with E-state index in [2.05, 4.69) is 15.2 Å². The van der Waals surface area contributed by atoms with E-state index in [4.69, 9.17) is 5.11 Å². The first-order valence-electron chi connectivity index (χ1n) is 9.51. The van der Waals surface area contributed by atoms with Crippen LogP contribution >= 0.6 is 0 Å². The number of aliphatic hydroxyl groups is 1. The summed E-state index contributed by atoms with van der Waals surface area (Å²) in [5.74, 6) is -1.22. The van der Waals surface area contributed by atoms with Gasteiger partial charge in [-0.25, -0.2) is 9.78 Å². The number of aromatic carboxylic acids is 1. The van der Waals surface area contributed by atoms with Gasteiger partial charge in [0.05, 0.1) is 6.61 Å². The lowest BCUT2D eigenvalue weighted by Gasteiger charge is -2.34. The Kier molecular flexibility index (Phi) is 6.73. The molecule has 0 unspecified atom stereocenters. The van der Waals surface area contributed by atoms with E-state index in [9.17, 15) is 14.7 Å². The average Bonchev–Trinajstić information content (AvgIpc) is 2.74. The number of likely N-dealkylation sites (tertiary alicyclic amines) is 1. The highest BCUT2D eigenvalue weighted by atomic mass is 16.4. The van der Waals surface area contributed by atoms with Gasteiger partial charge < -0.3 is 15.5 Å². The summed E-state index contributed by atoms with van der Waals surface area (Å²) < 4.78 is 0. The summed E-state index contributed by atoms with van der Waals surface area (Å²) in [4.78, 5) is 29.5. The van der Waals surface area contributed by atoms with Gasteiger partial charge >= 0.3 is 5.97 Å². The topological polar surface area (TPSA) is 103 Å². The number of carbonyl (C=O) groups is 2. The van der Waals surface area contributed by atoms with Crippen LogP contribution in [0.1, 0.15) is 40.1 Å². The second-order valence-electron chi connectivity index (χ2n) is 6.94. The first-order valence-corrected chi connectivity index (χ1v) is 9.51. The van der Waals surface area contributed by atoms with E-state index in [1.807, 2.05) is 0 Å². The number of aromatic nitrogens is 1. The minimum atomic E-state index is -1.07. The lowest BCUT2D eigenvalue weighted by Crippen LogP contribution is -2.45. The van der Waals surface area contributed by atoms with E-state index in [1.165, 1.54) is 12.3 Å². The number of piperidine rings is 1. The van der Waals surface area contributed by atoms with Gasteiger partial charge in [0.25, 0.3) is 5.91 Å². The third kappa shape index (κ3) is 4.94. The molecule has 1 saturated heterocycles. The molecule has 1 aliphatic heterocycles. The number of hydrogen-bond donors (Lipinski definition) is 3. The van der Waals surface area contributed by atoms with Crippen molar-refractivity contribution < 1.29 is 19.8 Å². The SMILES string of the molecule is O=C(NCCN1CCCC[C@@H]1CO)c1ccc(-c2ccnc(C(=O)O)c2)cc1. The number of carboxylic acids is 1. The Morgan fingerprint density at radius 2 is 1.93 bits per heavy atom. The molecular weight excluding hydrogens is 358 g/mol. The standard InChI is InChI=1S/C21H25N3O4/c25-14-18-3-1-2-11-24(18)12-10-23-20(26)16-6-4-15(5-7-16)17-8-9-22-19(13-17)21(27)28/h4-9,13,18,25H,1-3,10-12,14H2,(H,23,26)(H,27,28)/t18-/m1/s1. The van der Waals surface area contributed by atoms with Crippen LogP contribution in [0.4, 0.5) is 0 Å². The molecule has 28 heavy (non-hydrogen) atoms. The van der Waals surface area contributed by atoms with Crippen molar-refractivity contribution in [3.05, 3.63) is 53.9 Å². The Labute approximate surface area is 164 Å². The van der Waals surface area contributed by atoms with Crippen LogP contribution in [-0.4, -0.2) is 64.3 Å². The molecule has 0 aliphatic carbocycles. The van der Waals surface area contributed by atoms with Crippen molar-refractivity contribution in [1.29, 1.82) is 0 Å². The number of hydrogen-bond acceptors (Lipinski definition) is 5. The number of nitrogens with one attached hydrogen (secondary N) is 1. The summed E-state index contributed by atoms with van der Waals surface area (Å²) in [7, 11) is 0. The van der Waals surface area contributed by atoms with Crippen molar-refractivity contribution in [1.82, 2.24) is 15.2 Å². The molecule has 0 bridgehead atoms. The smallest absolute Gasteiger partial charge is 0.354 e. The van der Waals surface area contributed by atoms with E-state index in [0.29, 0.717) is 12.1 Å². The number of carboxylic acid groups (broad SMARTS) is 1. The van der Waals surface area contributed by atoms with Gasteiger partial charge in [-0.3, -0.25) is 9.69 Å². The van der Waals surface area contributed by atoms with Crippen molar-refractivity contribution in [2.75, 3.05) is 26.2 Å². The van der Waals surface area contributed by atoms with Gasteiger partial charge in [-0.15, -0.1) is 0 Å². The molecule has 0 saturated carbocycles. The van der Waals surface area contributed by atoms with Gasteiger partial charge in [0.2, 0.25) is 0 Å². The number of rotatable bonds is 7. The molecule has 148 valence electrons. The fourth-order valence-corrected chi connectivity index (χ4v) is 3.52. The molecule has 1 aliphatic rings. The largest absolute Gasteiger partial charge is 0.477 e. The molecule has 1 aromatic heterocycles. The van der Waals surface area contributed by atoms with Crippen LogP contribution in [0.3, 0.4) is 0 Å². The van der Waals surface area contributed by atoms with Gasteiger partial charge in [-0.1, -0.05) is 18.6 Å². The van der Waals surface area contributed by atoms with Crippen molar-refractivity contribution in [2.24, 2.45) is 0 Å². The molecule has 0 spiro atoms. The van der Waals surface area contributed by atoms with Gasteiger partial charge in [0, 0.05) is 30.9 Å². The molecule has 1 fully saturated rings. The zero-order chi connectivity index (χ0) is 19.9. The predicted octanol–water partition coefficient (Wildman–Crippen LogP) is 2.02. The number of aliphatic hydroxyl groups excluding tert-OH is 1. The molecule has 1 atom stereocenters. The van der Waals surface area contributed by atoms with Crippen LogP contribution in [0.2, 0.25) is 0 Å². The number of nitrogens with zero attached hydrogens (tertiary/aromatic N) is 2. The van der Waals surface area contributed by atoms with E-state index in [0.717, 1.165) is 43.5 Å². The maximum atomic E-state index is 12.4. The molecular formula is C21H25N3O4. The first kappa shape index (κ1) is 20.0. The molecule has 7 nitrogen and oxygen atoms in total. The monoisotopic (exact) mass is 383 g/mol. The van der Waals surface area contributed by atoms with Crippen molar-refractivity contribution in [3.63, 3.8) is 0 Å². The average molecular weight is 383 g/mol. The Balaban J connectivity index is 1.56. The van der Waals surface area contributed by atoms with Crippen molar-refractivity contribution in [2.45, 2.75) is 25.3 Å². The Bertz CT molecular complexity index is 823. The predicted molar refractivity (Wildman–Crippen MR) is 105 cm³/mol. The first-order chi connectivity index (χ1) is 13.6. The highest BCUT2D eigenvalue weighted by molar-refractivity contribution is 5.94. The van der Waals surface area contributed by atoms with Crippen LogP contribution in [0.5, 0.6) is 0 Å². The van der Waals surface area contributed by atoms with E-state index < -0.39 is 5.97 Å².